The van der Waals surface area contributed by atoms with E-state index in [1.165, 1.54) is 6.08 Å². The normalized spacial score (nSPS) is 10.9. The molecule has 1 aromatic carbocycles. The van der Waals surface area contributed by atoms with Crippen LogP contribution in [0.25, 0.3) is 0 Å². The highest BCUT2D eigenvalue weighted by atomic mass is 32.2. The van der Waals surface area contributed by atoms with E-state index in [1.54, 1.807) is 12.1 Å². The summed E-state index contributed by atoms with van der Waals surface area (Å²) in [6.07, 6.45) is 2.05. The van der Waals surface area contributed by atoms with Gasteiger partial charge in [-0.25, -0.2) is 8.42 Å². The van der Waals surface area contributed by atoms with E-state index in [-0.39, 0.29) is 5.75 Å². The van der Waals surface area contributed by atoms with Crippen LogP contribution in [0.4, 0.5) is 5.69 Å². The minimum absolute atomic E-state index is 0.185. The van der Waals surface area contributed by atoms with Crippen LogP contribution in [0.1, 0.15) is 12.5 Å². The molecule has 1 aromatic rings. The fourth-order valence-electron chi connectivity index (χ4n) is 1.58. The average molecular weight is 267 g/mol. The third-order valence-corrected chi connectivity index (χ3v) is 3.84. The lowest BCUT2D eigenvalue weighted by atomic mass is 10.1. The number of benzene rings is 1. The van der Waals surface area contributed by atoms with Crippen molar-refractivity contribution >= 4 is 21.4 Å². The van der Waals surface area contributed by atoms with Crippen molar-refractivity contribution in [1.29, 1.82) is 0 Å². The molecule has 0 fully saturated rings. The van der Waals surface area contributed by atoms with Gasteiger partial charge in [-0.1, -0.05) is 31.2 Å². The zero-order chi connectivity index (χ0) is 13.6. The van der Waals surface area contributed by atoms with E-state index in [1.807, 2.05) is 19.1 Å². The Balaban J connectivity index is 2.74. The van der Waals surface area contributed by atoms with Crippen molar-refractivity contribution in [1.82, 2.24) is 0 Å². The fraction of sp³-hybridized carbons (Fsp3) is 0.308. The summed E-state index contributed by atoms with van der Waals surface area (Å²) in [5, 5.41) is 2.62. The topological polar surface area (TPSA) is 63.2 Å². The van der Waals surface area contributed by atoms with E-state index in [0.29, 0.717) is 5.69 Å². The molecule has 4 nitrogen and oxygen atoms in total. The number of nitrogens with one attached hydrogen (secondary N) is 1. The third-order valence-electron chi connectivity index (χ3n) is 2.40. The number of carbonyl (C=O) groups excluding carboxylic acids is 1. The number of amides is 1. The molecule has 0 aliphatic carbocycles. The molecule has 0 radical (unpaired) electrons. The first kappa shape index (κ1) is 14.4. The van der Waals surface area contributed by atoms with Gasteiger partial charge in [-0.15, -0.1) is 6.58 Å². The number of hydrogen-bond acceptors (Lipinski definition) is 3. The summed E-state index contributed by atoms with van der Waals surface area (Å²) in [5.41, 5.74) is 1.64. The second-order valence-corrected chi connectivity index (χ2v) is 6.01. The van der Waals surface area contributed by atoms with Crippen LogP contribution >= 0.6 is 0 Å². The van der Waals surface area contributed by atoms with E-state index in [4.69, 9.17) is 0 Å². The molecule has 0 heterocycles. The van der Waals surface area contributed by atoms with Crippen LogP contribution in [0, 0.1) is 0 Å². The summed E-state index contributed by atoms with van der Waals surface area (Å²) in [6, 6.07) is 7.33. The van der Waals surface area contributed by atoms with Crippen molar-refractivity contribution < 1.29 is 13.2 Å². The zero-order valence-electron chi connectivity index (χ0n) is 10.3. The molecule has 0 aliphatic heterocycles. The van der Waals surface area contributed by atoms with Crippen LogP contribution in [-0.2, 0) is 21.1 Å². The summed E-state index contributed by atoms with van der Waals surface area (Å²) in [7, 11) is -3.40. The molecule has 0 aliphatic rings. The van der Waals surface area contributed by atoms with Crippen molar-refractivity contribution in [2.75, 3.05) is 16.8 Å². The van der Waals surface area contributed by atoms with Crippen molar-refractivity contribution in [2.24, 2.45) is 0 Å². The molecular formula is C13H17NO3S. The standard InChI is InChI=1S/C13H17NO3S/c1-3-9-18(16,17)10-13(15)14-12-8-6-5-7-11(12)4-2/h3,5-8H,1,4,9-10H2,2H3,(H,14,15). The average Bonchev–Trinajstić information content (AvgIpc) is 2.28. The van der Waals surface area contributed by atoms with Crippen LogP contribution in [-0.4, -0.2) is 25.8 Å². The van der Waals surface area contributed by atoms with Gasteiger partial charge in [0.1, 0.15) is 5.75 Å². The maximum absolute atomic E-state index is 11.6. The van der Waals surface area contributed by atoms with E-state index in [0.717, 1.165) is 12.0 Å². The van der Waals surface area contributed by atoms with Gasteiger partial charge in [0.2, 0.25) is 5.91 Å². The Morgan fingerprint density at radius 3 is 2.67 bits per heavy atom. The van der Waals surface area contributed by atoms with E-state index < -0.39 is 21.5 Å². The molecule has 0 aromatic heterocycles. The molecule has 5 heteroatoms. The lowest BCUT2D eigenvalue weighted by molar-refractivity contribution is -0.113. The van der Waals surface area contributed by atoms with Gasteiger partial charge in [0.25, 0.3) is 0 Å². The van der Waals surface area contributed by atoms with E-state index >= 15 is 0 Å². The first-order valence-electron chi connectivity index (χ1n) is 5.67. The fourth-order valence-corrected chi connectivity index (χ4v) is 2.52. The summed E-state index contributed by atoms with van der Waals surface area (Å²) < 4.78 is 22.9. The van der Waals surface area contributed by atoms with E-state index in [2.05, 4.69) is 11.9 Å². The number of hydrogen-bond donors (Lipinski definition) is 1. The Hall–Kier alpha value is -1.62. The van der Waals surface area contributed by atoms with E-state index in [9.17, 15) is 13.2 Å². The molecule has 0 saturated heterocycles. The highest BCUT2D eigenvalue weighted by molar-refractivity contribution is 7.92. The molecule has 18 heavy (non-hydrogen) atoms. The summed E-state index contributed by atoms with van der Waals surface area (Å²) in [5.74, 6) is -1.22. The molecule has 1 N–H and O–H groups in total. The quantitative estimate of drug-likeness (QED) is 0.799. The van der Waals surface area contributed by atoms with Gasteiger partial charge in [-0.2, -0.15) is 0 Å². The van der Waals surface area contributed by atoms with Gasteiger partial charge in [0.05, 0.1) is 5.75 Å². The maximum atomic E-state index is 11.6. The smallest absolute Gasteiger partial charge is 0.239 e. The van der Waals surface area contributed by atoms with Crippen LogP contribution in [0.5, 0.6) is 0 Å². The Morgan fingerprint density at radius 2 is 2.06 bits per heavy atom. The number of aryl methyl sites for hydroxylation is 1. The van der Waals surface area contributed by atoms with Crippen molar-refractivity contribution in [3.63, 3.8) is 0 Å². The third kappa shape index (κ3) is 4.33. The molecule has 0 atom stereocenters. The Bertz CT molecular complexity index is 535. The highest BCUT2D eigenvalue weighted by Gasteiger charge is 2.15. The van der Waals surface area contributed by atoms with Gasteiger partial charge in [0, 0.05) is 5.69 Å². The van der Waals surface area contributed by atoms with Crippen molar-refractivity contribution in [2.45, 2.75) is 13.3 Å². The molecular weight excluding hydrogens is 250 g/mol. The number of para-hydroxylation sites is 1. The summed E-state index contributed by atoms with van der Waals surface area (Å²) in [4.78, 5) is 11.6. The van der Waals surface area contributed by atoms with Crippen LogP contribution in [0.15, 0.2) is 36.9 Å². The van der Waals surface area contributed by atoms with Gasteiger partial charge < -0.3 is 5.32 Å². The Morgan fingerprint density at radius 1 is 1.39 bits per heavy atom. The second-order valence-electron chi connectivity index (χ2n) is 3.90. The molecule has 0 saturated carbocycles. The van der Waals surface area contributed by atoms with Crippen molar-refractivity contribution in [3.05, 3.63) is 42.5 Å². The van der Waals surface area contributed by atoms with Gasteiger partial charge >= 0.3 is 0 Å². The number of sulfone groups is 1. The predicted octanol–water partition coefficient (Wildman–Crippen LogP) is 1.79. The van der Waals surface area contributed by atoms with Gasteiger partial charge in [0.15, 0.2) is 9.84 Å². The van der Waals surface area contributed by atoms with Crippen LogP contribution < -0.4 is 5.32 Å². The molecule has 0 unspecified atom stereocenters. The molecule has 98 valence electrons. The maximum Gasteiger partial charge on any atom is 0.239 e. The molecule has 1 rings (SSSR count). The summed E-state index contributed by atoms with van der Waals surface area (Å²) in [6.45, 7) is 5.33. The highest BCUT2D eigenvalue weighted by Crippen LogP contribution is 2.15. The van der Waals surface area contributed by atoms with Gasteiger partial charge in [-0.05, 0) is 18.1 Å². The molecule has 1 amide bonds. The number of carbonyl (C=O) groups is 1. The van der Waals surface area contributed by atoms with Crippen LogP contribution in [0.3, 0.4) is 0 Å². The number of anilines is 1. The molecule has 0 spiro atoms. The molecule has 0 bridgehead atoms. The number of rotatable bonds is 6. The lowest BCUT2D eigenvalue weighted by Crippen LogP contribution is -2.24. The van der Waals surface area contributed by atoms with Crippen LogP contribution in [0.2, 0.25) is 0 Å². The minimum Gasteiger partial charge on any atom is -0.325 e. The lowest BCUT2D eigenvalue weighted by Gasteiger charge is -2.09. The Kier molecular flexibility index (Phi) is 5.09. The minimum atomic E-state index is -3.40. The Labute approximate surface area is 108 Å². The first-order chi connectivity index (χ1) is 8.48. The second kappa shape index (κ2) is 6.35. The largest absolute Gasteiger partial charge is 0.325 e. The first-order valence-corrected chi connectivity index (χ1v) is 7.49. The van der Waals surface area contributed by atoms with Crippen molar-refractivity contribution in [3.8, 4) is 0 Å². The monoisotopic (exact) mass is 267 g/mol. The zero-order valence-corrected chi connectivity index (χ0v) is 11.2. The van der Waals surface area contributed by atoms with Gasteiger partial charge in [-0.3, -0.25) is 4.79 Å². The summed E-state index contributed by atoms with van der Waals surface area (Å²) >= 11 is 0. The predicted molar refractivity (Wildman–Crippen MR) is 73.3 cm³/mol. The SMILES string of the molecule is C=CCS(=O)(=O)CC(=O)Nc1ccccc1CC.